The Labute approximate surface area is 168 Å². The number of rotatable bonds is 2. The number of aliphatic hydroxyl groups excluding tert-OH is 2. The van der Waals surface area contributed by atoms with E-state index in [1.54, 1.807) is 20.8 Å². The number of hydrogen-bond acceptors (Lipinski definition) is 6. The molecular formula is C22H27FO6. The zero-order valence-electron chi connectivity index (χ0n) is 16.9. The molecule has 158 valence electrons. The van der Waals surface area contributed by atoms with Gasteiger partial charge in [0.15, 0.2) is 23.0 Å². The van der Waals surface area contributed by atoms with Crippen LogP contribution in [0.3, 0.4) is 0 Å². The first-order valence-electron chi connectivity index (χ1n) is 10.1. The average molecular weight is 406 g/mol. The molecule has 3 N–H and O–H groups in total. The quantitative estimate of drug-likeness (QED) is 0.636. The molecule has 1 unspecified atom stereocenters. The summed E-state index contributed by atoms with van der Waals surface area (Å²) in [6.07, 6.45) is 0.918. The summed E-state index contributed by atoms with van der Waals surface area (Å²) in [4.78, 5) is 37.4. The van der Waals surface area contributed by atoms with Gasteiger partial charge < -0.3 is 15.3 Å². The molecule has 4 aliphatic carbocycles. The summed E-state index contributed by atoms with van der Waals surface area (Å²) in [5.41, 5.74) is -6.23. The second kappa shape index (κ2) is 5.93. The first kappa shape index (κ1) is 20.6. The van der Waals surface area contributed by atoms with Crippen LogP contribution in [0.2, 0.25) is 0 Å². The predicted octanol–water partition coefficient (Wildman–Crippen LogP) is 1.22. The van der Waals surface area contributed by atoms with E-state index in [0.717, 1.165) is 0 Å². The zero-order valence-corrected chi connectivity index (χ0v) is 16.9. The molecule has 7 heteroatoms. The van der Waals surface area contributed by atoms with Crippen molar-refractivity contribution in [1.29, 1.82) is 0 Å². The SMILES string of the molecule is CC1=CC(=O)C=C2C(=O)C[C@H]3[C@@H]4CC[C@](O)(C(=O)CO)[C@@]4(C)CC(O)[C@]3(F)[C@@]12C. The minimum atomic E-state index is -2.22. The van der Waals surface area contributed by atoms with Crippen LogP contribution < -0.4 is 0 Å². The molecule has 4 rings (SSSR count). The maximum atomic E-state index is 17.0. The molecule has 4 aliphatic rings. The zero-order chi connectivity index (χ0) is 21.6. The van der Waals surface area contributed by atoms with Crippen LogP contribution >= 0.6 is 0 Å². The summed E-state index contributed by atoms with van der Waals surface area (Å²) in [6.45, 7) is 3.97. The van der Waals surface area contributed by atoms with Gasteiger partial charge in [-0.2, -0.15) is 0 Å². The summed E-state index contributed by atoms with van der Waals surface area (Å²) < 4.78 is 17.0. The van der Waals surface area contributed by atoms with Crippen molar-refractivity contribution in [3.05, 3.63) is 23.3 Å². The van der Waals surface area contributed by atoms with Crippen LogP contribution in [0.4, 0.5) is 4.39 Å². The van der Waals surface area contributed by atoms with Gasteiger partial charge in [0.2, 0.25) is 0 Å². The molecule has 0 aromatic carbocycles. The maximum absolute atomic E-state index is 17.0. The number of alkyl halides is 1. The Morgan fingerprint density at radius 3 is 2.52 bits per heavy atom. The average Bonchev–Trinajstić information content (AvgIpc) is 2.91. The summed E-state index contributed by atoms with van der Waals surface area (Å²) in [7, 11) is 0. The van der Waals surface area contributed by atoms with Crippen molar-refractivity contribution in [2.75, 3.05) is 6.61 Å². The molecular weight excluding hydrogens is 379 g/mol. The molecule has 0 aromatic rings. The molecule has 7 atom stereocenters. The molecule has 29 heavy (non-hydrogen) atoms. The van der Waals surface area contributed by atoms with Gasteiger partial charge in [-0.15, -0.1) is 0 Å². The van der Waals surface area contributed by atoms with Crippen LogP contribution in [-0.4, -0.2) is 56.6 Å². The maximum Gasteiger partial charge on any atom is 0.190 e. The molecule has 0 aromatic heterocycles. The molecule has 0 amide bonds. The monoisotopic (exact) mass is 406 g/mol. The number of carbonyl (C=O) groups is 3. The Hall–Kier alpha value is -1.70. The topological polar surface area (TPSA) is 112 Å². The lowest BCUT2D eigenvalue weighted by Crippen LogP contribution is -2.70. The van der Waals surface area contributed by atoms with E-state index in [4.69, 9.17) is 0 Å². The molecule has 6 nitrogen and oxygen atoms in total. The van der Waals surface area contributed by atoms with Crippen LogP contribution in [0, 0.1) is 22.7 Å². The van der Waals surface area contributed by atoms with Gasteiger partial charge in [-0.25, -0.2) is 4.39 Å². The highest BCUT2D eigenvalue weighted by atomic mass is 19.1. The number of halogens is 1. The number of Topliss-reactive ketones (excluding diaryl/α,β-unsaturated/α-hetero) is 2. The van der Waals surface area contributed by atoms with Crippen molar-refractivity contribution >= 4 is 17.3 Å². The van der Waals surface area contributed by atoms with E-state index in [-0.39, 0.29) is 36.4 Å². The Morgan fingerprint density at radius 1 is 1.24 bits per heavy atom. The van der Waals surface area contributed by atoms with Crippen LogP contribution in [-0.2, 0) is 14.4 Å². The van der Waals surface area contributed by atoms with Crippen molar-refractivity contribution < 1.29 is 34.1 Å². The van der Waals surface area contributed by atoms with Crippen molar-refractivity contribution in [1.82, 2.24) is 0 Å². The minimum absolute atomic E-state index is 0.0494. The normalized spacial score (nSPS) is 49.0. The van der Waals surface area contributed by atoms with E-state index in [0.29, 0.717) is 12.0 Å². The number of ketones is 3. The second-order valence-electron chi connectivity index (χ2n) is 9.64. The third kappa shape index (κ3) is 2.13. The summed E-state index contributed by atoms with van der Waals surface area (Å²) in [6, 6.07) is 0. The van der Waals surface area contributed by atoms with Gasteiger partial charge in [0, 0.05) is 23.3 Å². The van der Waals surface area contributed by atoms with E-state index in [1.165, 1.54) is 12.2 Å². The molecule has 3 saturated carbocycles. The molecule has 3 fully saturated rings. The molecule has 0 radical (unpaired) electrons. The van der Waals surface area contributed by atoms with E-state index < -0.39 is 52.4 Å². The highest BCUT2D eigenvalue weighted by molar-refractivity contribution is 6.11. The van der Waals surface area contributed by atoms with Gasteiger partial charge in [0.1, 0.15) is 12.2 Å². The predicted molar refractivity (Wildman–Crippen MR) is 100 cm³/mol. The summed E-state index contributed by atoms with van der Waals surface area (Å²) in [5.74, 6) is -2.89. The number of hydrogen-bond donors (Lipinski definition) is 3. The third-order valence-corrected chi connectivity index (χ3v) is 8.76. The minimum Gasteiger partial charge on any atom is -0.390 e. The van der Waals surface area contributed by atoms with Gasteiger partial charge in [-0.05, 0) is 51.2 Å². The van der Waals surface area contributed by atoms with Gasteiger partial charge in [-0.1, -0.05) is 12.5 Å². The number of allylic oxidation sites excluding steroid dienone is 4. The van der Waals surface area contributed by atoms with Gasteiger partial charge >= 0.3 is 0 Å². The standard InChI is InChI=1S/C22H27FO6/c1-11-6-12(25)7-15-16(26)8-14-13-4-5-21(29,18(28)10-24)19(13,2)9-17(27)22(14,23)20(11,15)3/h6-7,13-14,17,24,27,29H,4-5,8-10H2,1-3H3/t13-,14-,17?,19-,20-,21-,22-/m0/s1. The van der Waals surface area contributed by atoms with Crippen LogP contribution in [0.15, 0.2) is 23.3 Å². The van der Waals surface area contributed by atoms with Crippen molar-refractivity contribution in [2.45, 2.75) is 63.8 Å². The van der Waals surface area contributed by atoms with E-state index >= 15 is 4.39 Å². The van der Waals surface area contributed by atoms with Crippen LogP contribution in [0.1, 0.15) is 46.5 Å². The summed E-state index contributed by atoms with van der Waals surface area (Å²) >= 11 is 0. The first-order chi connectivity index (χ1) is 13.4. The number of fused-ring (bicyclic) bond motifs is 5. The van der Waals surface area contributed by atoms with Crippen molar-refractivity contribution in [2.24, 2.45) is 22.7 Å². The fourth-order valence-electron chi connectivity index (χ4n) is 6.99. The Morgan fingerprint density at radius 2 is 1.90 bits per heavy atom. The van der Waals surface area contributed by atoms with Crippen molar-refractivity contribution in [3.63, 3.8) is 0 Å². The summed E-state index contributed by atoms with van der Waals surface area (Å²) in [5, 5.41) is 31.7. The molecule has 0 bridgehead atoms. The van der Waals surface area contributed by atoms with Gasteiger partial charge in [-0.3, -0.25) is 14.4 Å². The molecule has 0 heterocycles. The highest BCUT2D eigenvalue weighted by Crippen LogP contribution is 2.70. The Bertz CT molecular complexity index is 892. The van der Waals surface area contributed by atoms with Crippen molar-refractivity contribution in [3.8, 4) is 0 Å². The van der Waals surface area contributed by atoms with E-state index in [2.05, 4.69) is 0 Å². The smallest absolute Gasteiger partial charge is 0.190 e. The third-order valence-electron chi connectivity index (χ3n) is 8.76. The second-order valence-corrected chi connectivity index (χ2v) is 9.64. The number of carbonyl (C=O) groups excluding carboxylic acids is 3. The van der Waals surface area contributed by atoms with E-state index in [9.17, 15) is 29.7 Å². The molecule has 0 spiro atoms. The first-order valence-corrected chi connectivity index (χ1v) is 10.1. The van der Waals surface area contributed by atoms with Crippen LogP contribution in [0.5, 0.6) is 0 Å². The largest absolute Gasteiger partial charge is 0.390 e. The number of aliphatic hydroxyl groups is 3. The van der Waals surface area contributed by atoms with Gasteiger partial charge in [0.25, 0.3) is 0 Å². The van der Waals surface area contributed by atoms with Gasteiger partial charge in [0.05, 0.1) is 11.5 Å². The molecule has 0 saturated heterocycles. The molecule has 0 aliphatic heterocycles. The lowest BCUT2D eigenvalue weighted by Gasteiger charge is -2.62. The van der Waals surface area contributed by atoms with E-state index in [1.807, 2.05) is 0 Å². The Kier molecular flexibility index (Phi) is 4.20. The Balaban J connectivity index is 1.88. The van der Waals surface area contributed by atoms with Crippen LogP contribution in [0.25, 0.3) is 0 Å². The lowest BCUT2D eigenvalue weighted by atomic mass is 9.43. The highest BCUT2D eigenvalue weighted by Gasteiger charge is 2.75. The fourth-order valence-corrected chi connectivity index (χ4v) is 6.99. The lowest BCUT2D eigenvalue weighted by molar-refractivity contribution is -0.217. The fraction of sp³-hybridized carbons (Fsp3) is 0.682.